The third kappa shape index (κ3) is 3.51. The predicted octanol–water partition coefficient (Wildman–Crippen LogP) is 2.10. The molecule has 0 amide bonds. The second-order valence-corrected chi connectivity index (χ2v) is 5.49. The number of hydrogen-bond acceptors (Lipinski definition) is 5. The van der Waals surface area contributed by atoms with E-state index in [1.54, 1.807) is 6.07 Å². The highest BCUT2D eigenvalue weighted by atomic mass is 32.1. The highest BCUT2D eigenvalue weighted by molar-refractivity contribution is 7.15. The summed E-state index contributed by atoms with van der Waals surface area (Å²) in [7, 11) is 0. The van der Waals surface area contributed by atoms with Gasteiger partial charge in [-0.2, -0.15) is 0 Å². The van der Waals surface area contributed by atoms with Crippen molar-refractivity contribution in [2.75, 3.05) is 6.54 Å². The molecule has 1 aromatic rings. The minimum Gasteiger partial charge on any atom is -0.481 e. The Hall–Kier alpha value is -1.47. The van der Waals surface area contributed by atoms with Crippen molar-refractivity contribution in [3.8, 4) is 0 Å². The van der Waals surface area contributed by atoms with Crippen molar-refractivity contribution >= 4 is 22.3 Å². The van der Waals surface area contributed by atoms with Gasteiger partial charge in [-0.15, -0.1) is 0 Å². The molecule has 18 heavy (non-hydrogen) atoms. The molecule has 2 rings (SSSR count). The van der Waals surface area contributed by atoms with Gasteiger partial charge in [-0.1, -0.05) is 11.3 Å². The summed E-state index contributed by atoms with van der Waals surface area (Å²) in [5, 5.41) is 19.4. The molecule has 98 valence electrons. The Morgan fingerprint density at radius 1 is 1.56 bits per heavy atom. The van der Waals surface area contributed by atoms with E-state index in [4.69, 9.17) is 5.11 Å². The maximum absolute atomic E-state index is 10.6. The van der Waals surface area contributed by atoms with Crippen molar-refractivity contribution in [2.45, 2.75) is 31.8 Å². The molecule has 0 spiro atoms. The molecule has 0 radical (unpaired) electrons. The van der Waals surface area contributed by atoms with Gasteiger partial charge in [0, 0.05) is 30.1 Å². The standard InChI is InChI=1S/C11H14N2O4S/c14-11(15)5-6-12(8-1-2-8)7-9-3-4-10(18-9)13(16)17/h3-4,8H,1-2,5-7H2,(H,14,15). The third-order valence-corrected chi connectivity index (χ3v) is 3.88. The smallest absolute Gasteiger partial charge is 0.324 e. The Kier molecular flexibility index (Phi) is 3.93. The first-order valence-corrected chi connectivity index (χ1v) is 6.57. The largest absolute Gasteiger partial charge is 0.481 e. The van der Waals surface area contributed by atoms with Crippen molar-refractivity contribution < 1.29 is 14.8 Å². The van der Waals surface area contributed by atoms with Gasteiger partial charge in [-0.05, 0) is 18.9 Å². The minimum absolute atomic E-state index is 0.115. The number of rotatable bonds is 7. The Labute approximate surface area is 108 Å². The Bertz CT molecular complexity index is 456. The van der Waals surface area contributed by atoms with Crippen LogP contribution in [0.4, 0.5) is 5.00 Å². The van der Waals surface area contributed by atoms with Crippen LogP contribution in [0.2, 0.25) is 0 Å². The van der Waals surface area contributed by atoms with Gasteiger partial charge in [-0.25, -0.2) is 0 Å². The van der Waals surface area contributed by atoms with E-state index in [0.717, 1.165) is 29.1 Å². The summed E-state index contributed by atoms with van der Waals surface area (Å²) < 4.78 is 0. The van der Waals surface area contributed by atoms with E-state index in [9.17, 15) is 14.9 Å². The lowest BCUT2D eigenvalue weighted by Gasteiger charge is -2.19. The van der Waals surface area contributed by atoms with Crippen molar-refractivity contribution in [3.63, 3.8) is 0 Å². The molecule has 1 aliphatic rings. The number of carboxylic acids is 1. The average Bonchev–Trinajstić information content (AvgIpc) is 3.03. The summed E-state index contributed by atoms with van der Waals surface area (Å²) >= 11 is 1.16. The summed E-state index contributed by atoms with van der Waals surface area (Å²) in [6.07, 6.45) is 2.30. The molecule has 1 saturated carbocycles. The SMILES string of the molecule is O=C(O)CCN(Cc1ccc([N+](=O)[O-])s1)C1CC1. The number of aliphatic carboxylic acids is 1. The Balaban J connectivity index is 1.94. The molecule has 1 aliphatic carbocycles. The van der Waals surface area contributed by atoms with E-state index in [1.807, 2.05) is 0 Å². The number of hydrogen-bond donors (Lipinski definition) is 1. The highest BCUT2D eigenvalue weighted by Crippen LogP contribution is 2.31. The van der Waals surface area contributed by atoms with Crippen LogP contribution in [0, 0.1) is 10.1 Å². The second kappa shape index (κ2) is 5.45. The number of thiophene rings is 1. The minimum atomic E-state index is -0.808. The van der Waals surface area contributed by atoms with E-state index < -0.39 is 10.9 Å². The van der Waals surface area contributed by atoms with E-state index in [-0.39, 0.29) is 11.4 Å². The van der Waals surface area contributed by atoms with Crippen molar-refractivity contribution in [1.82, 2.24) is 4.90 Å². The van der Waals surface area contributed by atoms with E-state index in [1.165, 1.54) is 6.07 Å². The van der Waals surface area contributed by atoms with Crippen LogP contribution in [-0.4, -0.2) is 33.5 Å². The third-order valence-electron chi connectivity index (χ3n) is 2.86. The fourth-order valence-electron chi connectivity index (χ4n) is 1.82. The van der Waals surface area contributed by atoms with Crippen molar-refractivity contribution in [1.29, 1.82) is 0 Å². The van der Waals surface area contributed by atoms with E-state index in [2.05, 4.69) is 4.90 Å². The van der Waals surface area contributed by atoms with Crippen molar-refractivity contribution in [3.05, 3.63) is 27.1 Å². The van der Waals surface area contributed by atoms with Crippen LogP contribution in [0.15, 0.2) is 12.1 Å². The average molecular weight is 270 g/mol. The topological polar surface area (TPSA) is 83.7 Å². The molecule has 1 N–H and O–H groups in total. The predicted molar refractivity (Wildman–Crippen MR) is 66.7 cm³/mol. The van der Waals surface area contributed by atoms with Gasteiger partial charge >= 0.3 is 11.0 Å². The normalized spacial score (nSPS) is 14.9. The first-order valence-electron chi connectivity index (χ1n) is 5.75. The molecule has 1 fully saturated rings. The number of nitrogens with zero attached hydrogens (tertiary/aromatic N) is 2. The monoisotopic (exact) mass is 270 g/mol. The molecule has 0 aromatic carbocycles. The molecule has 0 bridgehead atoms. The zero-order chi connectivity index (χ0) is 13.1. The lowest BCUT2D eigenvalue weighted by molar-refractivity contribution is -0.380. The summed E-state index contributed by atoms with van der Waals surface area (Å²) in [5.41, 5.74) is 0. The van der Waals surface area contributed by atoms with E-state index >= 15 is 0 Å². The fourth-order valence-corrected chi connectivity index (χ4v) is 2.67. The summed E-state index contributed by atoms with van der Waals surface area (Å²) in [4.78, 5) is 23.8. The zero-order valence-electron chi connectivity index (χ0n) is 9.74. The van der Waals surface area contributed by atoms with Gasteiger partial charge in [0.15, 0.2) is 0 Å². The summed E-state index contributed by atoms with van der Waals surface area (Å²) in [5.74, 6) is -0.808. The number of carboxylic acid groups (broad SMARTS) is 1. The molecule has 0 saturated heterocycles. The molecule has 1 aromatic heterocycles. The van der Waals surface area contributed by atoms with Crippen LogP contribution in [0.25, 0.3) is 0 Å². The molecule has 1 heterocycles. The maximum Gasteiger partial charge on any atom is 0.324 e. The summed E-state index contributed by atoms with van der Waals surface area (Å²) in [6.45, 7) is 1.11. The van der Waals surface area contributed by atoms with Crippen LogP contribution >= 0.6 is 11.3 Å². The molecular weight excluding hydrogens is 256 g/mol. The van der Waals surface area contributed by atoms with Crippen LogP contribution < -0.4 is 0 Å². The van der Waals surface area contributed by atoms with Gasteiger partial charge in [0.2, 0.25) is 0 Å². The van der Waals surface area contributed by atoms with Crippen LogP contribution in [0.3, 0.4) is 0 Å². The molecule has 0 unspecified atom stereocenters. The van der Waals surface area contributed by atoms with Gasteiger partial charge in [0.1, 0.15) is 0 Å². The fraction of sp³-hybridized carbons (Fsp3) is 0.545. The van der Waals surface area contributed by atoms with Gasteiger partial charge < -0.3 is 5.11 Å². The van der Waals surface area contributed by atoms with Crippen molar-refractivity contribution in [2.24, 2.45) is 0 Å². The van der Waals surface area contributed by atoms with Gasteiger partial charge in [-0.3, -0.25) is 19.8 Å². The zero-order valence-corrected chi connectivity index (χ0v) is 10.6. The van der Waals surface area contributed by atoms with Crippen LogP contribution in [-0.2, 0) is 11.3 Å². The van der Waals surface area contributed by atoms with Crippen LogP contribution in [0.1, 0.15) is 24.1 Å². The lowest BCUT2D eigenvalue weighted by atomic mass is 10.3. The quantitative estimate of drug-likeness (QED) is 0.606. The number of carbonyl (C=O) groups is 1. The lowest BCUT2D eigenvalue weighted by Crippen LogP contribution is -2.27. The van der Waals surface area contributed by atoms with E-state index in [0.29, 0.717) is 19.1 Å². The highest BCUT2D eigenvalue weighted by Gasteiger charge is 2.29. The maximum atomic E-state index is 10.6. The number of nitro groups is 1. The molecular formula is C11H14N2O4S. The molecule has 6 nitrogen and oxygen atoms in total. The molecule has 7 heteroatoms. The molecule has 0 aliphatic heterocycles. The first kappa shape index (κ1) is 13.0. The Morgan fingerprint density at radius 2 is 2.28 bits per heavy atom. The Morgan fingerprint density at radius 3 is 2.78 bits per heavy atom. The second-order valence-electron chi connectivity index (χ2n) is 4.34. The first-order chi connectivity index (χ1) is 8.56. The summed E-state index contributed by atoms with van der Waals surface area (Å²) in [6, 6.07) is 3.70. The van der Waals surface area contributed by atoms with Crippen LogP contribution in [0.5, 0.6) is 0 Å². The molecule has 0 atom stereocenters. The van der Waals surface area contributed by atoms with Gasteiger partial charge in [0.25, 0.3) is 0 Å². The van der Waals surface area contributed by atoms with Gasteiger partial charge in [0.05, 0.1) is 11.3 Å².